The standard InChI is InChI=1S/C23H23BrN2O5/c1-3-4-11-26-23(28)17(14-25)12-16-9-10-20(21(13-16)29-2)31-22(27)15-30-19-8-6-5-7-18(19)24/h5-10,12-13H,3-4,11,15H2,1-2H3,(H,26,28)/b17-12+. The lowest BCUT2D eigenvalue weighted by Gasteiger charge is -2.11. The molecule has 2 rings (SSSR count). The third-order valence-corrected chi connectivity index (χ3v) is 4.74. The Morgan fingerprint density at radius 2 is 1.94 bits per heavy atom. The molecule has 0 saturated carbocycles. The van der Waals surface area contributed by atoms with Gasteiger partial charge in [0.25, 0.3) is 5.91 Å². The van der Waals surface area contributed by atoms with Gasteiger partial charge in [-0.2, -0.15) is 5.26 Å². The van der Waals surface area contributed by atoms with Crippen molar-refractivity contribution < 1.29 is 23.8 Å². The van der Waals surface area contributed by atoms with Gasteiger partial charge in [0, 0.05) is 6.54 Å². The molecule has 0 radical (unpaired) electrons. The zero-order chi connectivity index (χ0) is 22.6. The normalized spacial score (nSPS) is 10.7. The summed E-state index contributed by atoms with van der Waals surface area (Å²) in [6.07, 6.45) is 3.23. The Morgan fingerprint density at radius 3 is 2.61 bits per heavy atom. The van der Waals surface area contributed by atoms with E-state index in [4.69, 9.17) is 14.2 Å². The molecule has 0 unspecified atom stereocenters. The first kappa shape index (κ1) is 24.0. The number of hydrogen-bond acceptors (Lipinski definition) is 6. The second-order valence-electron chi connectivity index (χ2n) is 6.38. The van der Waals surface area contributed by atoms with Crippen molar-refractivity contribution in [2.24, 2.45) is 0 Å². The number of halogens is 1. The zero-order valence-corrected chi connectivity index (χ0v) is 18.9. The number of ether oxygens (including phenoxy) is 3. The van der Waals surface area contributed by atoms with Crippen molar-refractivity contribution in [1.29, 1.82) is 5.26 Å². The van der Waals surface area contributed by atoms with Crippen molar-refractivity contribution in [3.63, 3.8) is 0 Å². The molecule has 0 aliphatic heterocycles. The highest BCUT2D eigenvalue weighted by Crippen LogP contribution is 2.29. The Kier molecular flexibility index (Phi) is 9.59. The molecule has 1 N–H and O–H groups in total. The number of para-hydroxylation sites is 1. The van der Waals surface area contributed by atoms with Crippen molar-refractivity contribution in [2.75, 3.05) is 20.3 Å². The quantitative estimate of drug-likeness (QED) is 0.177. The summed E-state index contributed by atoms with van der Waals surface area (Å²) < 4.78 is 16.8. The lowest BCUT2D eigenvalue weighted by molar-refractivity contribution is -0.136. The average Bonchev–Trinajstić information content (AvgIpc) is 2.77. The van der Waals surface area contributed by atoms with E-state index in [0.717, 1.165) is 17.3 Å². The molecule has 7 nitrogen and oxygen atoms in total. The number of esters is 1. The summed E-state index contributed by atoms with van der Waals surface area (Å²) in [5, 5.41) is 12.0. The van der Waals surface area contributed by atoms with Gasteiger partial charge in [0.15, 0.2) is 18.1 Å². The van der Waals surface area contributed by atoms with Crippen LogP contribution in [0.1, 0.15) is 25.3 Å². The summed E-state index contributed by atoms with van der Waals surface area (Å²) in [6.45, 7) is 2.23. The first-order valence-corrected chi connectivity index (χ1v) is 10.4. The van der Waals surface area contributed by atoms with E-state index < -0.39 is 11.9 Å². The average molecular weight is 487 g/mol. The summed E-state index contributed by atoms with van der Waals surface area (Å²) in [7, 11) is 1.43. The minimum absolute atomic E-state index is 0.0234. The topological polar surface area (TPSA) is 97.7 Å². The van der Waals surface area contributed by atoms with E-state index in [9.17, 15) is 14.9 Å². The minimum atomic E-state index is -0.606. The van der Waals surface area contributed by atoms with Crippen LogP contribution in [0.3, 0.4) is 0 Å². The summed E-state index contributed by atoms with van der Waals surface area (Å²) in [4.78, 5) is 24.3. The van der Waals surface area contributed by atoms with Gasteiger partial charge in [0.05, 0.1) is 11.6 Å². The van der Waals surface area contributed by atoms with E-state index in [0.29, 0.717) is 17.9 Å². The number of carbonyl (C=O) groups excluding carboxylic acids is 2. The molecule has 0 bridgehead atoms. The van der Waals surface area contributed by atoms with E-state index in [1.165, 1.54) is 19.3 Å². The largest absolute Gasteiger partial charge is 0.493 e. The predicted molar refractivity (Wildman–Crippen MR) is 120 cm³/mol. The maximum Gasteiger partial charge on any atom is 0.349 e. The van der Waals surface area contributed by atoms with Crippen molar-refractivity contribution >= 4 is 33.9 Å². The number of unbranched alkanes of at least 4 members (excludes halogenated alkanes) is 1. The molecule has 0 heterocycles. The zero-order valence-electron chi connectivity index (χ0n) is 17.3. The second kappa shape index (κ2) is 12.4. The van der Waals surface area contributed by atoms with E-state index in [1.807, 2.05) is 19.1 Å². The van der Waals surface area contributed by atoms with Gasteiger partial charge in [-0.1, -0.05) is 31.5 Å². The van der Waals surface area contributed by atoms with Crippen molar-refractivity contribution in [3.8, 4) is 23.3 Å². The molecule has 2 aromatic carbocycles. The van der Waals surface area contributed by atoms with E-state index >= 15 is 0 Å². The number of nitriles is 1. The molecule has 0 aliphatic carbocycles. The fourth-order valence-electron chi connectivity index (χ4n) is 2.50. The number of nitrogens with one attached hydrogen (secondary N) is 1. The first-order chi connectivity index (χ1) is 15.0. The van der Waals surface area contributed by atoms with Crippen LogP contribution in [0.15, 0.2) is 52.5 Å². The van der Waals surface area contributed by atoms with Crippen LogP contribution in [-0.4, -0.2) is 32.1 Å². The summed E-state index contributed by atoms with van der Waals surface area (Å²) in [5.41, 5.74) is 0.535. The van der Waals surface area contributed by atoms with Crippen LogP contribution in [0.5, 0.6) is 17.2 Å². The summed E-state index contributed by atoms with van der Waals surface area (Å²) >= 11 is 3.34. The molecule has 8 heteroatoms. The van der Waals surface area contributed by atoms with E-state index in [-0.39, 0.29) is 23.7 Å². The molecule has 0 aromatic heterocycles. The molecular formula is C23H23BrN2O5. The molecule has 31 heavy (non-hydrogen) atoms. The Labute approximate surface area is 189 Å². The Hall–Kier alpha value is -3.31. The van der Waals surface area contributed by atoms with Crippen LogP contribution in [0.2, 0.25) is 0 Å². The van der Waals surface area contributed by atoms with E-state index in [2.05, 4.69) is 21.2 Å². The van der Waals surface area contributed by atoms with Crippen LogP contribution in [0, 0.1) is 11.3 Å². The van der Waals surface area contributed by atoms with Crippen molar-refractivity contribution in [2.45, 2.75) is 19.8 Å². The highest BCUT2D eigenvalue weighted by molar-refractivity contribution is 9.10. The second-order valence-corrected chi connectivity index (χ2v) is 7.24. The van der Waals surface area contributed by atoms with Gasteiger partial charge in [-0.25, -0.2) is 4.79 Å². The maximum absolute atomic E-state index is 12.2. The van der Waals surface area contributed by atoms with Crippen LogP contribution in [-0.2, 0) is 9.59 Å². The van der Waals surface area contributed by atoms with Crippen LogP contribution < -0.4 is 19.5 Å². The number of carbonyl (C=O) groups is 2. The number of hydrogen-bond donors (Lipinski definition) is 1. The van der Waals surface area contributed by atoms with Gasteiger partial charge in [-0.3, -0.25) is 4.79 Å². The van der Waals surface area contributed by atoms with E-state index in [1.54, 1.807) is 30.3 Å². The lowest BCUT2D eigenvalue weighted by atomic mass is 10.1. The highest BCUT2D eigenvalue weighted by atomic mass is 79.9. The molecule has 2 aromatic rings. The Bertz CT molecular complexity index is 998. The molecule has 0 spiro atoms. The van der Waals surface area contributed by atoms with Crippen molar-refractivity contribution in [3.05, 3.63) is 58.1 Å². The SMILES string of the molecule is CCCCNC(=O)/C(C#N)=C/c1ccc(OC(=O)COc2ccccc2Br)c(OC)c1. The number of rotatable bonds is 10. The lowest BCUT2D eigenvalue weighted by Crippen LogP contribution is -2.25. The molecule has 0 atom stereocenters. The molecule has 0 fully saturated rings. The van der Waals surface area contributed by atoms with Crippen LogP contribution in [0.25, 0.3) is 6.08 Å². The minimum Gasteiger partial charge on any atom is -0.493 e. The fraction of sp³-hybridized carbons (Fsp3) is 0.261. The summed E-state index contributed by atoms with van der Waals surface area (Å²) in [5.74, 6) is -0.0360. The van der Waals surface area contributed by atoms with Gasteiger partial charge >= 0.3 is 5.97 Å². The van der Waals surface area contributed by atoms with Crippen molar-refractivity contribution in [1.82, 2.24) is 5.32 Å². The first-order valence-electron chi connectivity index (χ1n) is 9.64. The summed E-state index contributed by atoms with van der Waals surface area (Å²) in [6, 6.07) is 13.8. The van der Waals surface area contributed by atoms with Crippen LogP contribution in [0.4, 0.5) is 0 Å². The number of nitrogens with zero attached hydrogens (tertiary/aromatic N) is 1. The predicted octanol–water partition coefficient (Wildman–Crippen LogP) is 4.27. The smallest absolute Gasteiger partial charge is 0.349 e. The number of methoxy groups -OCH3 is 1. The Morgan fingerprint density at radius 1 is 1.16 bits per heavy atom. The third-order valence-electron chi connectivity index (χ3n) is 4.09. The van der Waals surface area contributed by atoms with Gasteiger partial charge in [0.2, 0.25) is 0 Å². The third kappa shape index (κ3) is 7.46. The number of benzene rings is 2. The Balaban J connectivity index is 2.06. The van der Waals surface area contributed by atoms with Crippen LogP contribution >= 0.6 is 15.9 Å². The molecule has 1 amide bonds. The van der Waals surface area contributed by atoms with Gasteiger partial charge in [-0.15, -0.1) is 0 Å². The van der Waals surface area contributed by atoms with Gasteiger partial charge in [-0.05, 0) is 58.3 Å². The molecular weight excluding hydrogens is 464 g/mol. The molecule has 162 valence electrons. The molecule has 0 aliphatic rings. The highest BCUT2D eigenvalue weighted by Gasteiger charge is 2.14. The monoisotopic (exact) mass is 486 g/mol. The van der Waals surface area contributed by atoms with Gasteiger partial charge < -0.3 is 19.5 Å². The number of amides is 1. The van der Waals surface area contributed by atoms with Gasteiger partial charge in [0.1, 0.15) is 17.4 Å². The molecule has 0 saturated heterocycles. The fourth-order valence-corrected chi connectivity index (χ4v) is 2.90. The maximum atomic E-state index is 12.2.